The van der Waals surface area contributed by atoms with Gasteiger partial charge in [-0.1, -0.05) is 65.3 Å². The first-order chi connectivity index (χ1) is 18.5. The van der Waals surface area contributed by atoms with Crippen molar-refractivity contribution >= 4 is 22.6 Å². The molecule has 2 saturated heterocycles. The molecule has 0 saturated carbocycles. The fourth-order valence-corrected chi connectivity index (χ4v) is 5.32. The summed E-state index contributed by atoms with van der Waals surface area (Å²) in [5, 5.41) is 14.5. The number of aromatic nitrogens is 4. The Hall–Kier alpha value is -3.76. The standard InChI is InChI=1S/C28H23ClN4O5/c1-14-30-27(33-38-14)18-8-4-16(5-9-18)15-2-6-17(7-3-15)19-10-21-22(11-20(19)29)32-28(31-21)37-24-13-36-25-23(34)12-35-26(24)25/h2-11,23-26,34H,12-13H2,1H3,(H,31,32)/t23-,24-,25-,26-/m1/s1. The average Bonchev–Trinajstić information content (AvgIpc) is 3.71. The van der Waals surface area contributed by atoms with Crippen LogP contribution in [0.5, 0.6) is 6.01 Å². The Morgan fingerprint density at radius 2 is 1.58 bits per heavy atom. The Bertz CT molecular complexity index is 1620. The van der Waals surface area contributed by atoms with Crippen molar-refractivity contribution in [3.05, 3.63) is 71.6 Å². The lowest BCUT2D eigenvalue weighted by Gasteiger charge is -2.15. The zero-order chi connectivity index (χ0) is 25.8. The number of aryl methyl sites for hydroxylation is 1. The monoisotopic (exact) mass is 530 g/mol. The van der Waals surface area contributed by atoms with E-state index < -0.39 is 6.10 Å². The molecule has 2 aliphatic heterocycles. The van der Waals surface area contributed by atoms with Crippen LogP contribution in [-0.4, -0.2) is 62.8 Å². The van der Waals surface area contributed by atoms with Gasteiger partial charge in [-0.15, -0.1) is 0 Å². The zero-order valence-electron chi connectivity index (χ0n) is 20.3. The van der Waals surface area contributed by atoms with E-state index in [1.807, 2.05) is 48.5 Å². The number of imidazole rings is 1. The molecule has 2 N–H and O–H groups in total. The van der Waals surface area contributed by atoms with Crippen LogP contribution in [0, 0.1) is 6.92 Å². The molecule has 192 valence electrons. The summed E-state index contributed by atoms with van der Waals surface area (Å²) in [7, 11) is 0. The highest BCUT2D eigenvalue weighted by Gasteiger charge is 2.48. The minimum absolute atomic E-state index is 0.248. The number of halogens is 1. The molecule has 0 radical (unpaired) electrons. The molecule has 0 bridgehead atoms. The van der Waals surface area contributed by atoms with Gasteiger partial charge in [-0.25, -0.2) is 0 Å². The molecule has 7 rings (SSSR count). The number of fused-ring (bicyclic) bond motifs is 2. The molecule has 5 aromatic rings. The third kappa shape index (κ3) is 4.13. The molecule has 2 fully saturated rings. The lowest BCUT2D eigenvalue weighted by atomic mass is 9.99. The predicted molar refractivity (Wildman–Crippen MR) is 140 cm³/mol. The minimum atomic E-state index is -0.627. The maximum Gasteiger partial charge on any atom is 0.295 e. The van der Waals surface area contributed by atoms with Crippen LogP contribution >= 0.6 is 11.6 Å². The highest BCUT2D eigenvalue weighted by atomic mass is 35.5. The lowest BCUT2D eigenvalue weighted by Crippen LogP contribution is -2.34. The maximum atomic E-state index is 9.95. The smallest absolute Gasteiger partial charge is 0.295 e. The van der Waals surface area contributed by atoms with Crippen molar-refractivity contribution in [2.75, 3.05) is 13.2 Å². The SMILES string of the molecule is Cc1nc(-c2ccc(-c3ccc(-c4cc5nc(O[C@@H]6CO[C@H]7[C@@H]6OC[C@H]7O)[nH]c5cc4Cl)cc3)cc2)no1. The van der Waals surface area contributed by atoms with Gasteiger partial charge in [0.05, 0.1) is 29.3 Å². The second-order valence-electron chi connectivity index (χ2n) is 9.50. The average molecular weight is 531 g/mol. The Morgan fingerprint density at radius 3 is 2.29 bits per heavy atom. The van der Waals surface area contributed by atoms with Crippen molar-refractivity contribution in [3.8, 4) is 39.7 Å². The summed E-state index contributed by atoms with van der Waals surface area (Å²) in [5.74, 6) is 1.11. The molecular weight excluding hydrogens is 508 g/mol. The number of H-pyrrole nitrogens is 1. The van der Waals surface area contributed by atoms with Gasteiger partial charge >= 0.3 is 0 Å². The first-order valence-corrected chi connectivity index (χ1v) is 12.7. The van der Waals surface area contributed by atoms with Crippen LogP contribution in [0.25, 0.3) is 44.7 Å². The summed E-state index contributed by atoms with van der Waals surface area (Å²) < 4.78 is 22.4. The number of aliphatic hydroxyl groups excluding tert-OH is 1. The van der Waals surface area contributed by atoms with Gasteiger partial charge in [-0.05, 0) is 28.8 Å². The predicted octanol–water partition coefficient (Wildman–Crippen LogP) is 4.81. The molecule has 2 aromatic heterocycles. The van der Waals surface area contributed by atoms with Crippen molar-refractivity contribution in [1.29, 1.82) is 0 Å². The largest absolute Gasteiger partial charge is 0.456 e. The number of hydrogen-bond donors (Lipinski definition) is 2. The fraction of sp³-hybridized carbons (Fsp3) is 0.250. The van der Waals surface area contributed by atoms with Crippen LogP contribution in [0.3, 0.4) is 0 Å². The Labute approximate surface area is 222 Å². The number of ether oxygens (including phenoxy) is 3. The number of rotatable bonds is 5. The van der Waals surface area contributed by atoms with Gasteiger partial charge in [0, 0.05) is 18.1 Å². The molecule has 2 aliphatic rings. The maximum absolute atomic E-state index is 9.95. The summed E-state index contributed by atoms with van der Waals surface area (Å²) in [5.41, 5.74) is 6.41. The van der Waals surface area contributed by atoms with E-state index in [1.54, 1.807) is 6.92 Å². The van der Waals surface area contributed by atoms with E-state index in [4.69, 9.17) is 30.3 Å². The lowest BCUT2D eigenvalue weighted by molar-refractivity contribution is 0.00706. The van der Waals surface area contributed by atoms with E-state index in [0.29, 0.717) is 29.4 Å². The van der Waals surface area contributed by atoms with Gasteiger partial charge in [0.25, 0.3) is 6.01 Å². The number of nitrogens with one attached hydrogen (secondary N) is 1. The molecule has 3 aromatic carbocycles. The van der Waals surface area contributed by atoms with Crippen LogP contribution in [0.4, 0.5) is 0 Å². The highest BCUT2D eigenvalue weighted by molar-refractivity contribution is 6.34. The zero-order valence-corrected chi connectivity index (χ0v) is 21.1. The normalized spacial score (nSPS) is 22.7. The molecule has 0 amide bonds. The summed E-state index contributed by atoms with van der Waals surface area (Å²) in [6.07, 6.45) is -1.64. The summed E-state index contributed by atoms with van der Waals surface area (Å²) >= 11 is 6.66. The topological polar surface area (TPSA) is 116 Å². The second kappa shape index (κ2) is 9.21. The molecule has 10 heteroatoms. The first-order valence-electron chi connectivity index (χ1n) is 12.3. The van der Waals surface area contributed by atoms with Crippen LogP contribution in [0.1, 0.15) is 5.89 Å². The number of benzene rings is 3. The minimum Gasteiger partial charge on any atom is -0.456 e. The van der Waals surface area contributed by atoms with Gasteiger partial charge in [0.1, 0.15) is 18.3 Å². The summed E-state index contributed by atoms with van der Waals surface area (Å²) in [6, 6.07) is 20.4. The van der Waals surface area contributed by atoms with Gasteiger partial charge in [-0.2, -0.15) is 9.97 Å². The molecule has 4 atom stereocenters. The third-order valence-corrected chi connectivity index (χ3v) is 7.31. The second-order valence-corrected chi connectivity index (χ2v) is 9.91. The Balaban J connectivity index is 1.11. The van der Waals surface area contributed by atoms with Gasteiger partial charge in [-0.3, -0.25) is 0 Å². The van der Waals surface area contributed by atoms with E-state index in [0.717, 1.165) is 38.9 Å². The number of nitrogens with zero attached hydrogens (tertiary/aromatic N) is 3. The molecule has 0 aliphatic carbocycles. The first kappa shape index (κ1) is 23.4. The van der Waals surface area contributed by atoms with E-state index in [9.17, 15) is 5.11 Å². The van der Waals surface area contributed by atoms with E-state index in [1.165, 1.54) is 0 Å². The van der Waals surface area contributed by atoms with Crippen LogP contribution < -0.4 is 4.74 Å². The Kier molecular flexibility index (Phi) is 5.66. The van der Waals surface area contributed by atoms with Crippen LogP contribution in [0.15, 0.2) is 65.2 Å². The molecule has 38 heavy (non-hydrogen) atoms. The van der Waals surface area contributed by atoms with Gasteiger partial charge < -0.3 is 28.8 Å². The summed E-state index contributed by atoms with van der Waals surface area (Å²) in [4.78, 5) is 12.1. The molecule has 0 spiro atoms. The fourth-order valence-electron chi connectivity index (χ4n) is 5.04. The van der Waals surface area contributed by atoms with Crippen molar-refractivity contribution in [2.24, 2.45) is 0 Å². The van der Waals surface area contributed by atoms with Gasteiger partial charge in [0.2, 0.25) is 11.7 Å². The third-order valence-electron chi connectivity index (χ3n) is 6.99. The van der Waals surface area contributed by atoms with Gasteiger partial charge in [0.15, 0.2) is 6.10 Å². The van der Waals surface area contributed by atoms with Crippen LogP contribution in [0.2, 0.25) is 5.02 Å². The number of aromatic amines is 1. The quantitative estimate of drug-likeness (QED) is 0.332. The van der Waals surface area contributed by atoms with Crippen molar-refractivity contribution in [1.82, 2.24) is 20.1 Å². The number of aliphatic hydroxyl groups is 1. The van der Waals surface area contributed by atoms with Crippen molar-refractivity contribution < 1.29 is 23.8 Å². The Morgan fingerprint density at radius 1 is 0.895 bits per heavy atom. The van der Waals surface area contributed by atoms with Crippen LogP contribution in [-0.2, 0) is 9.47 Å². The molecular formula is C28H23ClN4O5. The van der Waals surface area contributed by atoms with E-state index in [2.05, 4.69) is 32.2 Å². The highest BCUT2D eigenvalue weighted by Crippen LogP contribution is 2.35. The molecule has 0 unspecified atom stereocenters. The number of hydrogen-bond acceptors (Lipinski definition) is 8. The summed E-state index contributed by atoms with van der Waals surface area (Å²) in [6.45, 7) is 2.35. The van der Waals surface area contributed by atoms with E-state index >= 15 is 0 Å². The van der Waals surface area contributed by atoms with Crippen molar-refractivity contribution in [2.45, 2.75) is 31.3 Å². The van der Waals surface area contributed by atoms with Crippen molar-refractivity contribution in [3.63, 3.8) is 0 Å². The molecule has 4 heterocycles. The molecule has 9 nitrogen and oxygen atoms in total. The van der Waals surface area contributed by atoms with E-state index in [-0.39, 0.29) is 24.9 Å².